The maximum absolute atomic E-state index is 5.93. The number of methoxy groups -OCH3 is 1. The van der Waals surface area contributed by atoms with E-state index in [1.165, 1.54) is 0 Å². The Kier molecular flexibility index (Phi) is 6.63. The van der Waals surface area contributed by atoms with Gasteiger partial charge in [-0.25, -0.2) is 10.1 Å². The third-order valence-corrected chi connectivity index (χ3v) is 5.06. The highest BCUT2D eigenvalue weighted by molar-refractivity contribution is 5.87. The second-order valence-electron chi connectivity index (χ2n) is 7.35. The van der Waals surface area contributed by atoms with Crippen LogP contribution in [0, 0.1) is 0 Å². The lowest BCUT2D eigenvalue weighted by molar-refractivity contribution is 0.294. The molecule has 4 aromatic rings. The van der Waals surface area contributed by atoms with Gasteiger partial charge >= 0.3 is 0 Å². The first kappa shape index (κ1) is 21.3. The summed E-state index contributed by atoms with van der Waals surface area (Å²) in [6.07, 6.45) is 5.36. The number of ether oxygens (including phenoxy) is 2. The van der Waals surface area contributed by atoms with Gasteiger partial charge < -0.3 is 25.1 Å². The lowest BCUT2D eigenvalue weighted by Gasteiger charge is -2.14. The second-order valence-corrected chi connectivity index (χ2v) is 7.35. The van der Waals surface area contributed by atoms with Crippen LogP contribution in [0.3, 0.4) is 0 Å². The van der Waals surface area contributed by atoms with Crippen LogP contribution in [0.4, 0.5) is 11.8 Å². The molecule has 32 heavy (non-hydrogen) atoms. The molecule has 3 heterocycles. The molecule has 0 amide bonds. The first-order valence-corrected chi connectivity index (χ1v) is 10.6. The van der Waals surface area contributed by atoms with Crippen molar-refractivity contribution in [1.29, 1.82) is 0 Å². The predicted octanol–water partition coefficient (Wildman–Crippen LogP) is 2.76. The van der Waals surface area contributed by atoms with Crippen LogP contribution in [-0.4, -0.2) is 48.8 Å². The molecule has 0 aliphatic heterocycles. The number of hydrogen-bond donors (Lipinski definition) is 3. The Morgan fingerprint density at radius 1 is 1.19 bits per heavy atom. The van der Waals surface area contributed by atoms with E-state index in [1.807, 2.05) is 30.5 Å². The summed E-state index contributed by atoms with van der Waals surface area (Å²) in [5.41, 5.74) is 8.57. The Labute approximate surface area is 185 Å². The van der Waals surface area contributed by atoms with Crippen molar-refractivity contribution in [3.63, 3.8) is 0 Å². The molecule has 0 aliphatic rings. The molecule has 0 radical (unpaired) electrons. The predicted molar refractivity (Wildman–Crippen MR) is 121 cm³/mol. The lowest BCUT2D eigenvalue weighted by Crippen LogP contribution is -2.09. The van der Waals surface area contributed by atoms with Crippen molar-refractivity contribution < 1.29 is 9.47 Å². The number of hydrogen-bond acceptors (Lipinski definition) is 9. The number of rotatable bonds is 11. The number of nitrogens with two attached hydrogens (primary N) is 1. The van der Waals surface area contributed by atoms with E-state index in [4.69, 9.17) is 15.2 Å². The molecule has 11 nitrogen and oxygen atoms in total. The van der Waals surface area contributed by atoms with Gasteiger partial charge in [0.15, 0.2) is 11.6 Å². The minimum Gasteiger partial charge on any atom is -0.496 e. The van der Waals surface area contributed by atoms with Crippen LogP contribution in [0.25, 0.3) is 11.0 Å². The van der Waals surface area contributed by atoms with Crippen LogP contribution in [0.15, 0.2) is 30.5 Å². The lowest BCUT2D eigenvalue weighted by atomic mass is 10.2. The number of nitrogens with zero attached hydrogens (tertiary/aromatic N) is 6. The quantitative estimate of drug-likeness (QED) is 0.302. The van der Waals surface area contributed by atoms with Crippen molar-refractivity contribution in [2.24, 2.45) is 0 Å². The summed E-state index contributed by atoms with van der Waals surface area (Å²) in [6.45, 7) is 3.79. The molecule has 0 spiro atoms. The van der Waals surface area contributed by atoms with Crippen LogP contribution in [-0.2, 0) is 13.2 Å². The van der Waals surface area contributed by atoms with Crippen molar-refractivity contribution in [1.82, 2.24) is 35.2 Å². The average Bonchev–Trinajstić information content (AvgIpc) is 3.45. The number of aromatic amines is 1. The second kappa shape index (κ2) is 9.94. The molecule has 4 rings (SSSR count). The van der Waals surface area contributed by atoms with Gasteiger partial charge in [-0.1, -0.05) is 19.8 Å². The molecule has 0 saturated carbocycles. The van der Waals surface area contributed by atoms with Crippen LogP contribution < -0.4 is 20.5 Å². The van der Waals surface area contributed by atoms with Gasteiger partial charge in [0.25, 0.3) is 0 Å². The third-order valence-electron chi connectivity index (χ3n) is 5.06. The first-order valence-electron chi connectivity index (χ1n) is 10.6. The van der Waals surface area contributed by atoms with E-state index in [2.05, 4.69) is 47.4 Å². The Bertz CT molecular complexity index is 1160. The highest BCUT2D eigenvalue weighted by atomic mass is 16.5. The fourth-order valence-electron chi connectivity index (χ4n) is 3.50. The summed E-state index contributed by atoms with van der Waals surface area (Å²) >= 11 is 0. The maximum atomic E-state index is 5.93. The van der Waals surface area contributed by atoms with Gasteiger partial charge in [-0.15, -0.1) is 5.10 Å². The molecule has 0 fully saturated rings. The fraction of sp³-hybridized carbons (Fsp3) is 0.381. The fourth-order valence-corrected chi connectivity index (χ4v) is 3.50. The first-order chi connectivity index (χ1) is 15.7. The number of nitrogens with one attached hydrogen (secondary N) is 2. The highest BCUT2D eigenvalue weighted by Gasteiger charge is 2.14. The van der Waals surface area contributed by atoms with Crippen LogP contribution in [0.2, 0.25) is 0 Å². The Morgan fingerprint density at radius 3 is 2.88 bits per heavy atom. The monoisotopic (exact) mass is 437 g/mol. The van der Waals surface area contributed by atoms with E-state index < -0.39 is 0 Å². The molecule has 4 N–H and O–H groups in total. The van der Waals surface area contributed by atoms with E-state index in [1.54, 1.807) is 7.11 Å². The Morgan fingerprint density at radius 2 is 2.09 bits per heavy atom. The summed E-state index contributed by atoms with van der Waals surface area (Å²) in [5.74, 6) is 2.98. The van der Waals surface area contributed by atoms with Crippen molar-refractivity contribution >= 4 is 22.8 Å². The van der Waals surface area contributed by atoms with Gasteiger partial charge in [0.1, 0.15) is 23.6 Å². The molecule has 3 aromatic heterocycles. The van der Waals surface area contributed by atoms with Crippen molar-refractivity contribution in [2.45, 2.75) is 39.3 Å². The number of H-pyrrole nitrogens is 1. The number of anilines is 2. The number of fused-ring (bicyclic) bond motifs is 1. The van der Waals surface area contributed by atoms with Gasteiger partial charge in [-0.05, 0) is 41.1 Å². The molecule has 0 atom stereocenters. The molecule has 0 unspecified atom stereocenters. The van der Waals surface area contributed by atoms with Gasteiger partial charge in [-0.2, -0.15) is 4.98 Å². The van der Waals surface area contributed by atoms with Gasteiger partial charge in [0.05, 0.1) is 19.2 Å². The van der Waals surface area contributed by atoms with E-state index in [0.29, 0.717) is 18.1 Å². The topological polar surface area (TPSA) is 142 Å². The van der Waals surface area contributed by atoms with E-state index >= 15 is 0 Å². The number of aromatic nitrogens is 7. The minimum atomic E-state index is 0.240. The van der Waals surface area contributed by atoms with Crippen LogP contribution in [0.1, 0.15) is 37.6 Å². The largest absolute Gasteiger partial charge is 0.496 e. The third kappa shape index (κ3) is 4.88. The summed E-state index contributed by atoms with van der Waals surface area (Å²) in [6, 6.07) is 7.62. The molecule has 0 saturated heterocycles. The van der Waals surface area contributed by atoms with E-state index in [9.17, 15) is 0 Å². The smallest absolute Gasteiger partial charge is 0.222 e. The SMILES string of the molecule is CCCCCNc1nc(N)nc2ccn(Cc3cc(OCc4nnn[nH]4)ccc3OC)c12. The summed E-state index contributed by atoms with van der Waals surface area (Å²) in [4.78, 5) is 8.84. The zero-order valence-corrected chi connectivity index (χ0v) is 18.2. The van der Waals surface area contributed by atoms with Crippen LogP contribution >= 0.6 is 0 Å². The number of unbranched alkanes of at least 4 members (excludes halogenated alkanes) is 2. The normalized spacial score (nSPS) is 11.1. The summed E-state index contributed by atoms with van der Waals surface area (Å²) < 4.78 is 13.5. The molecule has 0 aliphatic carbocycles. The summed E-state index contributed by atoms with van der Waals surface area (Å²) in [7, 11) is 1.65. The van der Waals surface area contributed by atoms with E-state index in [-0.39, 0.29) is 12.6 Å². The maximum Gasteiger partial charge on any atom is 0.222 e. The van der Waals surface area contributed by atoms with Gasteiger partial charge in [0, 0.05) is 18.3 Å². The molecule has 168 valence electrons. The Balaban J connectivity index is 1.59. The molecule has 0 bridgehead atoms. The molecule has 11 heteroatoms. The molecular formula is C21H27N9O2. The van der Waals surface area contributed by atoms with Crippen molar-refractivity contribution in [3.8, 4) is 11.5 Å². The van der Waals surface area contributed by atoms with E-state index in [0.717, 1.165) is 54.0 Å². The number of benzene rings is 1. The Hall–Kier alpha value is -3.89. The molecular weight excluding hydrogens is 410 g/mol. The zero-order valence-electron chi connectivity index (χ0n) is 18.2. The molecule has 1 aromatic carbocycles. The van der Waals surface area contributed by atoms with Gasteiger partial charge in [0.2, 0.25) is 5.95 Å². The van der Waals surface area contributed by atoms with Crippen molar-refractivity contribution in [3.05, 3.63) is 41.9 Å². The van der Waals surface area contributed by atoms with Crippen LogP contribution in [0.5, 0.6) is 11.5 Å². The minimum absolute atomic E-state index is 0.240. The van der Waals surface area contributed by atoms with Crippen molar-refractivity contribution in [2.75, 3.05) is 24.7 Å². The summed E-state index contributed by atoms with van der Waals surface area (Å²) in [5, 5.41) is 17.0. The highest BCUT2D eigenvalue weighted by Crippen LogP contribution is 2.29. The standard InChI is InChI=1S/C21H27N9O2/c1-3-4-5-9-23-20-19-16(24-21(22)25-20)8-10-30(19)12-14-11-15(6-7-17(14)31-2)32-13-18-26-28-29-27-18/h6-8,10-11H,3-5,9,12-13H2,1-2H3,(H3,22,23,24,25)(H,26,27,28,29). The number of nitrogen functional groups attached to an aromatic ring is 1. The average molecular weight is 438 g/mol. The van der Waals surface area contributed by atoms with Gasteiger partial charge in [-0.3, -0.25) is 0 Å². The number of tetrazole rings is 1. The zero-order chi connectivity index (χ0) is 22.3.